The molecular formula is C18H24FN3O2S. The van der Waals surface area contributed by atoms with Crippen LogP contribution in [-0.4, -0.2) is 71.9 Å². The number of amides is 2. The van der Waals surface area contributed by atoms with Gasteiger partial charge >= 0.3 is 0 Å². The van der Waals surface area contributed by atoms with Crippen LogP contribution >= 0.6 is 11.8 Å². The van der Waals surface area contributed by atoms with Crippen molar-refractivity contribution in [2.45, 2.75) is 18.9 Å². The lowest BCUT2D eigenvalue weighted by atomic mass is 10.1. The number of carbonyl (C=O) groups excluding carboxylic acids is 2. The van der Waals surface area contributed by atoms with E-state index in [0.717, 1.165) is 18.1 Å². The van der Waals surface area contributed by atoms with Gasteiger partial charge in [-0.15, -0.1) is 0 Å². The average molecular weight is 365 g/mol. The highest BCUT2D eigenvalue weighted by molar-refractivity contribution is 7.99. The lowest BCUT2D eigenvalue weighted by Gasteiger charge is -2.36. The van der Waals surface area contributed by atoms with Gasteiger partial charge in [-0.1, -0.05) is 18.2 Å². The number of thioether (sulfide) groups is 1. The standard InChI is InChI=1S/C18H24FN3O2S/c19-16-4-2-1-3-14(16)11-17(23)21-6-8-22(9-7-21)18(24)12-15-13-25-10-5-20-15/h1-4,15,20H,5-13H2. The Hall–Kier alpha value is -1.60. The lowest BCUT2D eigenvalue weighted by Crippen LogP contribution is -2.52. The predicted octanol–water partition coefficient (Wildman–Crippen LogP) is 1.13. The summed E-state index contributed by atoms with van der Waals surface area (Å²) in [6.07, 6.45) is 0.597. The Kier molecular flexibility index (Phi) is 6.31. The van der Waals surface area contributed by atoms with Gasteiger partial charge < -0.3 is 15.1 Å². The number of piperazine rings is 1. The Bertz CT molecular complexity index is 614. The summed E-state index contributed by atoms with van der Waals surface area (Å²) in [6, 6.07) is 6.62. The van der Waals surface area contributed by atoms with E-state index in [4.69, 9.17) is 0 Å². The van der Waals surface area contributed by atoms with Gasteiger partial charge in [0.2, 0.25) is 11.8 Å². The number of hydrogen-bond donors (Lipinski definition) is 1. The molecule has 0 radical (unpaired) electrons. The first kappa shape index (κ1) is 18.2. The lowest BCUT2D eigenvalue weighted by molar-refractivity contribution is -0.139. The molecule has 7 heteroatoms. The number of nitrogens with zero attached hydrogens (tertiary/aromatic N) is 2. The minimum Gasteiger partial charge on any atom is -0.339 e. The van der Waals surface area contributed by atoms with Gasteiger partial charge in [0.25, 0.3) is 0 Å². The van der Waals surface area contributed by atoms with Crippen LogP contribution in [0.1, 0.15) is 12.0 Å². The third-order valence-corrected chi connectivity index (χ3v) is 5.83. The number of halogens is 1. The molecule has 2 saturated heterocycles. The minimum absolute atomic E-state index is 0.0733. The summed E-state index contributed by atoms with van der Waals surface area (Å²) in [7, 11) is 0. The van der Waals surface area contributed by atoms with Crippen molar-refractivity contribution < 1.29 is 14.0 Å². The van der Waals surface area contributed by atoms with Crippen molar-refractivity contribution >= 4 is 23.6 Å². The van der Waals surface area contributed by atoms with E-state index in [-0.39, 0.29) is 30.1 Å². The van der Waals surface area contributed by atoms with E-state index < -0.39 is 0 Å². The Morgan fingerprint density at radius 3 is 2.44 bits per heavy atom. The molecule has 2 aliphatic rings. The maximum atomic E-state index is 13.7. The van der Waals surface area contributed by atoms with Gasteiger partial charge in [0.15, 0.2) is 0 Å². The van der Waals surface area contributed by atoms with E-state index in [9.17, 15) is 14.0 Å². The molecule has 3 rings (SSSR count). The van der Waals surface area contributed by atoms with Crippen molar-refractivity contribution in [2.75, 3.05) is 44.2 Å². The second-order valence-electron chi connectivity index (χ2n) is 6.46. The molecule has 0 aromatic heterocycles. The summed E-state index contributed by atoms with van der Waals surface area (Å²) in [5.74, 6) is 1.81. The number of hydrogen-bond acceptors (Lipinski definition) is 4. The number of carbonyl (C=O) groups is 2. The number of rotatable bonds is 4. The monoisotopic (exact) mass is 365 g/mol. The van der Waals surface area contributed by atoms with Crippen molar-refractivity contribution in [1.82, 2.24) is 15.1 Å². The highest BCUT2D eigenvalue weighted by Crippen LogP contribution is 2.14. The Balaban J connectivity index is 1.45. The highest BCUT2D eigenvalue weighted by Gasteiger charge is 2.26. The minimum atomic E-state index is -0.345. The first-order valence-corrected chi connectivity index (χ1v) is 9.89. The van der Waals surface area contributed by atoms with Gasteiger partial charge in [0, 0.05) is 56.7 Å². The van der Waals surface area contributed by atoms with Crippen LogP contribution in [0.2, 0.25) is 0 Å². The van der Waals surface area contributed by atoms with E-state index >= 15 is 0 Å². The predicted molar refractivity (Wildman–Crippen MR) is 97.0 cm³/mol. The largest absolute Gasteiger partial charge is 0.339 e. The van der Waals surface area contributed by atoms with Crippen LogP contribution in [-0.2, 0) is 16.0 Å². The maximum Gasteiger partial charge on any atom is 0.227 e. The van der Waals surface area contributed by atoms with Gasteiger partial charge in [-0.3, -0.25) is 9.59 Å². The van der Waals surface area contributed by atoms with Crippen molar-refractivity contribution in [3.63, 3.8) is 0 Å². The molecule has 1 aromatic carbocycles. The van der Waals surface area contributed by atoms with Crippen molar-refractivity contribution in [2.24, 2.45) is 0 Å². The van der Waals surface area contributed by atoms with Crippen LogP contribution < -0.4 is 5.32 Å². The molecule has 1 aromatic rings. The molecule has 0 saturated carbocycles. The second kappa shape index (κ2) is 8.67. The summed E-state index contributed by atoms with van der Waals surface area (Å²) >= 11 is 1.88. The zero-order chi connectivity index (χ0) is 17.6. The van der Waals surface area contributed by atoms with Crippen LogP contribution in [0.15, 0.2) is 24.3 Å². The molecule has 5 nitrogen and oxygen atoms in total. The summed E-state index contributed by atoms with van der Waals surface area (Å²) in [6.45, 7) is 3.11. The van der Waals surface area contributed by atoms with E-state index in [2.05, 4.69) is 5.32 Å². The molecule has 2 amide bonds. The molecule has 1 N–H and O–H groups in total. The zero-order valence-electron chi connectivity index (χ0n) is 14.2. The second-order valence-corrected chi connectivity index (χ2v) is 7.61. The molecule has 0 bridgehead atoms. The maximum absolute atomic E-state index is 13.7. The van der Waals surface area contributed by atoms with E-state index in [1.165, 1.54) is 6.07 Å². The Morgan fingerprint density at radius 2 is 1.80 bits per heavy atom. The van der Waals surface area contributed by atoms with Gasteiger partial charge in [-0.2, -0.15) is 11.8 Å². The summed E-state index contributed by atoms with van der Waals surface area (Å²) < 4.78 is 13.7. The van der Waals surface area contributed by atoms with Gasteiger partial charge in [-0.25, -0.2) is 4.39 Å². The van der Waals surface area contributed by atoms with Crippen LogP contribution in [0.25, 0.3) is 0 Å². The number of nitrogens with one attached hydrogen (secondary N) is 1. The normalized spacial score (nSPS) is 21.2. The summed E-state index contributed by atoms with van der Waals surface area (Å²) in [5.41, 5.74) is 0.423. The van der Waals surface area contributed by atoms with Gasteiger partial charge in [0.05, 0.1) is 6.42 Å². The molecule has 2 aliphatic heterocycles. The Morgan fingerprint density at radius 1 is 1.12 bits per heavy atom. The molecular weight excluding hydrogens is 341 g/mol. The molecule has 1 unspecified atom stereocenters. The molecule has 25 heavy (non-hydrogen) atoms. The third-order valence-electron chi connectivity index (χ3n) is 4.70. The van der Waals surface area contributed by atoms with Crippen molar-refractivity contribution in [1.29, 1.82) is 0 Å². The van der Waals surface area contributed by atoms with E-state index in [1.54, 1.807) is 23.1 Å². The van der Waals surface area contributed by atoms with Crippen molar-refractivity contribution in [3.05, 3.63) is 35.6 Å². The summed E-state index contributed by atoms with van der Waals surface area (Å²) in [5, 5.41) is 3.38. The van der Waals surface area contributed by atoms with Crippen LogP contribution in [0.5, 0.6) is 0 Å². The van der Waals surface area contributed by atoms with Crippen LogP contribution in [0.4, 0.5) is 4.39 Å². The Labute approximate surface area is 151 Å². The molecule has 0 aliphatic carbocycles. The molecule has 136 valence electrons. The first-order chi connectivity index (χ1) is 12.1. The first-order valence-electron chi connectivity index (χ1n) is 8.73. The smallest absolute Gasteiger partial charge is 0.227 e. The fraction of sp³-hybridized carbons (Fsp3) is 0.556. The molecule has 2 fully saturated rings. The molecule has 2 heterocycles. The number of benzene rings is 1. The van der Waals surface area contributed by atoms with E-state index in [1.807, 2.05) is 16.7 Å². The average Bonchev–Trinajstić information content (AvgIpc) is 2.64. The fourth-order valence-electron chi connectivity index (χ4n) is 3.21. The SMILES string of the molecule is O=C(Cc1ccccc1F)N1CCN(C(=O)CC2CSCCN2)CC1. The van der Waals surface area contributed by atoms with Crippen molar-refractivity contribution in [3.8, 4) is 0 Å². The molecule has 0 spiro atoms. The van der Waals surface area contributed by atoms with Gasteiger partial charge in [0.1, 0.15) is 5.82 Å². The van der Waals surface area contributed by atoms with Crippen LogP contribution in [0, 0.1) is 5.82 Å². The topological polar surface area (TPSA) is 52.7 Å². The quantitative estimate of drug-likeness (QED) is 0.869. The highest BCUT2D eigenvalue weighted by atomic mass is 32.2. The third kappa shape index (κ3) is 4.95. The fourth-order valence-corrected chi connectivity index (χ4v) is 4.16. The van der Waals surface area contributed by atoms with E-state index in [0.29, 0.717) is 38.2 Å². The molecule has 1 atom stereocenters. The zero-order valence-corrected chi connectivity index (χ0v) is 15.1. The summed E-state index contributed by atoms with van der Waals surface area (Å²) in [4.78, 5) is 28.3. The van der Waals surface area contributed by atoms with Gasteiger partial charge in [-0.05, 0) is 11.6 Å². The van der Waals surface area contributed by atoms with Crippen LogP contribution in [0.3, 0.4) is 0 Å².